The number of para-hydroxylation sites is 1. The summed E-state index contributed by atoms with van der Waals surface area (Å²) in [5.74, 6) is -2.23. The van der Waals surface area contributed by atoms with Gasteiger partial charge in [0.25, 0.3) is 5.91 Å². The Balaban J connectivity index is 1.89. The van der Waals surface area contributed by atoms with Crippen molar-refractivity contribution in [3.8, 4) is 0 Å². The number of halogens is 1. The van der Waals surface area contributed by atoms with Gasteiger partial charge in [-0.05, 0) is 37.3 Å². The van der Waals surface area contributed by atoms with Crippen LogP contribution in [0.1, 0.15) is 40.5 Å². The second kappa shape index (κ2) is 11.0. The van der Waals surface area contributed by atoms with Crippen LogP contribution in [0.15, 0.2) is 36.9 Å². The molecule has 3 fully saturated rings. The van der Waals surface area contributed by atoms with E-state index in [2.05, 4.69) is 13.5 Å². The highest BCUT2D eigenvalue weighted by atomic mass is 35.5. The number of carbonyl (C=O) groups is 3. The maximum Gasteiger partial charge on any atom is 0.310 e. The molecule has 9 heteroatoms. The monoisotopic (exact) mass is 548 g/mol. The molecule has 3 heterocycles. The van der Waals surface area contributed by atoms with Crippen LogP contribution >= 0.6 is 23.4 Å². The van der Waals surface area contributed by atoms with Crippen LogP contribution in [0.2, 0.25) is 5.02 Å². The summed E-state index contributed by atoms with van der Waals surface area (Å²) in [6.07, 6.45) is 3.08. The van der Waals surface area contributed by atoms with Gasteiger partial charge in [-0.25, -0.2) is 0 Å². The first-order chi connectivity index (χ1) is 17.7. The predicted octanol–water partition coefficient (Wildman–Crippen LogP) is 4.17. The largest absolute Gasteiger partial charge is 0.466 e. The van der Waals surface area contributed by atoms with Crippen LogP contribution in [0, 0.1) is 23.7 Å². The standard InChI is InChI=1S/C28H37ClN2O5S/c1-6-13-30(19-12-10-9-11-18(19)29)26(34)24-28-17(5)14-21(37-28)22(27(35)36-8-3)23(28)25(33)31(24)20(15-32)16(4)7-2/h6,9-12,16-17,20-24,32H,1,7-8,13-15H2,2-5H3/t16-,17?,20-,21+,22-,23-,24?,28?/m0/s1. The van der Waals surface area contributed by atoms with Crippen molar-refractivity contribution in [2.24, 2.45) is 23.7 Å². The van der Waals surface area contributed by atoms with Gasteiger partial charge in [-0.2, -0.15) is 0 Å². The number of aliphatic hydroxyl groups excluding tert-OH is 1. The minimum absolute atomic E-state index is 0.00850. The predicted molar refractivity (Wildman–Crippen MR) is 146 cm³/mol. The molecular formula is C28H37ClN2O5S. The number of benzene rings is 1. The number of likely N-dealkylation sites (tertiary alicyclic amines) is 1. The second-order valence-corrected chi connectivity index (χ2v) is 12.3. The van der Waals surface area contributed by atoms with Crippen LogP contribution in [0.3, 0.4) is 0 Å². The first-order valence-electron chi connectivity index (χ1n) is 13.1. The Bertz CT molecular complexity index is 1070. The van der Waals surface area contributed by atoms with Crippen LogP contribution in [0.25, 0.3) is 0 Å². The van der Waals surface area contributed by atoms with E-state index in [1.807, 2.05) is 19.9 Å². The number of amides is 2. The number of fused-ring (bicyclic) bond motifs is 1. The van der Waals surface area contributed by atoms with Crippen molar-refractivity contribution in [1.29, 1.82) is 0 Å². The van der Waals surface area contributed by atoms with Gasteiger partial charge in [-0.1, -0.05) is 57.0 Å². The molecule has 0 aromatic heterocycles. The van der Waals surface area contributed by atoms with E-state index >= 15 is 0 Å². The maximum atomic E-state index is 14.7. The molecule has 202 valence electrons. The Morgan fingerprint density at radius 3 is 2.68 bits per heavy atom. The van der Waals surface area contributed by atoms with Crippen LogP contribution in [0.4, 0.5) is 5.69 Å². The minimum atomic E-state index is -0.864. The van der Waals surface area contributed by atoms with Crippen molar-refractivity contribution >= 4 is 46.8 Å². The summed E-state index contributed by atoms with van der Waals surface area (Å²) in [4.78, 5) is 45.4. The van der Waals surface area contributed by atoms with E-state index in [1.165, 1.54) is 0 Å². The molecule has 8 atom stereocenters. The van der Waals surface area contributed by atoms with Crippen molar-refractivity contribution in [3.05, 3.63) is 41.9 Å². The lowest BCUT2D eigenvalue weighted by molar-refractivity contribution is -0.154. The summed E-state index contributed by atoms with van der Waals surface area (Å²) in [6, 6.07) is 5.70. The highest BCUT2D eigenvalue weighted by Gasteiger charge is 2.77. The molecule has 1 N–H and O–H groups in total. The van der Waals surface area contributed by atoms with Gasteiger partial charge in [0.2, 0.25) is 5.91 Å². The quantitative estimate of drug-likeness (QED) is 0.349. The Hall–Kier alpha value is -2.03. The molecule has 1 spiro atoms. The van der Waals surface area contributed by atoms with Gasteiger partial charge in [0.05, 0.1) is 46.5 Å². The third-order valence-electron chi connectivity index (χ3n) is 8.54. The number of rotatable bonds is 10. The zero-order valence-electron chi connectivity index (χ0n) is 21.9. The first-order valence-corrected chi connectivity index (χ1v) is 14.4. The molecule has 0 saturated carbocycles. The number of thioether (sulfide) groups is 1. The van der Waals surface area contributed by atoms with Crippen LogP contribution in [-0.4, -0.2) is 69.6 Å². The van der Waals surface area contributed by atoms with E-state index in [-0.39, 0.29) is 54.6 Å². The van der Waals surface area contributed by atoms with Crippen molar-refractivity contribution < 1.29 is 24.2 Å². The fraction of sp³-hybridized carbons (Fsp3) is 0.607. The highest BCUT2D eigenvalue weighted by molar-refractivity contribution is 8.02. The van der Waals surface area contributed by atoms with Gasteiger partial charge < -0.3 is 19.6 Å². The number of hydrogen-bond donors (Lipinski definition) is 1. The topological polar surface area (TPSA) is 87.2 Å². The Labute approximate surface area is 228 Å². The van der Waals surface area contributed by atoms with Crippen LogP contribution < -0.4 is 4.90 Å². The average molecular weight is 549 g/mol. The number of hydrogen-bond acceptors (Lipinski definition) is 6. The molecular weight excluding hydrogens is 512 g/mol. The van der Waals surface area contributed by atoms with E-state index in [4.69, 9.17) is 16.3 Å². The van der Waals surface area contributed by atoms with Crippen molar-refractivity contribution in [3.63, 3.8) is 0 Å². The molecule has 3 aliphatic rings. The lowest BCUT2D eigenvalue weighted by Gasteiger charge is -2.43. The molecule has 3 unspecified atom stereocenters. The molecule has 2 bridgehead atoms. The molecule has 1 aromatic rings. The molecule has 3 aliphatic heterocycles. The first kappa shape index (κ1) is 28.0. The van der Waals surface area contributed by atoms with Crippen molar-refractivity contribution in [2.75, 3.05) is 24.7 Å². The van der Waals surface area contributed by atoms with Gasteiger partial charge in [-0.3, -0.25) is 14.4 Å². The van der Waals surface area contributed by atoms with E-state index < -0.39 is 28.7 Å². The molecule has 0 aliphatic carbocycles. The normalized spacial score (nSPS) is 31.7. The molecule has 0 radical (unpaired) electrons. The third kappa shape index (κ3) is 4.29. The van der Waals surface area contributed by atoms with Crippen molar-refractivity contribution in [2.45, 2.75) is 62.6 Å². The Kier molecular flexibility index (Phi) is 8.31. The number of carbonyl (C=O) groups excluding carboxylic acids is 3. The Morgan fingerprint density at radius 1 is 1.38 bits per heavy atom. The number of anilines is 1. The summed E-state index contributed by atoms with van der Waals surface area (Å²) in [6.45, 7) is 11.8. The summed E-state index contributed by atoms with van der Waals surface area (Å²) in [5, 5.41) is 10.8. The number of esters is 1. The van der Waals surface area contributed by atoms with E-state index in [1.54, 1.807) is 52.8 Å². The zero-order chi connectivity index (χ0) is 27.1. The maximum absolute atomic E-state index is 14.7. The molecule has 3 saturated heterocycles. The van der Waals surface area contributed by atoms with Crippen LogP contribution in [0.5, 0.6) is 0 Å². The number of ether oxygens (including phenoxy) is 1. The molecule has 1 aromatic carbocycles. The van der Waals surface area contributed by atoms with Gasteiger partial charge in [0.15, 0.2) is 0 Å². The van der Waals surface area contributed by atoms with Gasteiger partial charge >= 0.3 is 5.97 Å². The summed E-state index contributed by atoms with van der Waals surface area (Å²) >= 11 is 8.13. The second-order valence-electron chi connectivity index (χ2n) is 10.4. The van der Waals surface area contributed by atoms with Gasteiger partial charge in [0.1, 0.15) is 6.04 Å². The number of nitrogens with zero attached hydrogens (tertiary/aromatic N) is 2. The van der Waals surface area contributed by atoms with Crippen LogP contribution in [-0.2, 0) is 19.1 Å². The molecule has 37 heavy (non-hydrogen) atoms. The van der Waals surface area contributed by atoms with Gasteiger partial charge in [0, 0.05) is 11.8 Å². The lowest BCUT2D eigenvalue weighted by atomic mass is 9.66. The smallest absolute Gasteiger partial charge is 0.310 e. The minimum Gasteiger partial charge on any atom is -0.466 e. The average Bonchev–Trinajstić information content (AvgIpc) is 3.47. The zero-order valence-corrected chi connectivity index (χ0v) is 23.5. The highest BCUT2D eigenvalue weighted by Crippen LogP contribution is 2.69. The fourth-order valence-electron chi connectivity index (χ4n) is 6.67. The van der Waals surface area contributed by atoms with Crippen molar-refractivity contribution in [1.82, 2.24) is 4.90 Å². The fourth-order valence-corrected chi connectivity index (χ4v) is 9.30. The lowest BCUT2D eigenvalue weighted by Crippen LogP contribution is -2.60. The summed E-state index contributed by atoms with van der Waals surface area (Å²) in [5.41, 5.74) is 0.539. The molecule has 4 rings (SSSR count). The Morgan fingerprint density at radius 2 is 2.08 bits per heavy atom. The molecule has 7 nitrogen and oxygen atoms in total. The molecule has 2 amide bonds. The van der Waals surface area contributed by atoms with E-state index in [0.29, 0.717) is 10.7 Å². The van der Waals surface area contributed by atoms with E-state index in [9.17, 15) is 19.5 Å². The van der Waals surface area contributed by atoms with Gasteiger partial charge in [-0.15, -0.1) is 18.3 Å². The SMILES string of the molecule is C=CCN(C(=O)C1N([C@@H](CO)[C@@H](C)CC)C(=O)[C@@H]2[C@@H](C(=O)OCC)[C@H]3CC(C)C12S3)c1ccccc1Cl. The van der Waals surface area contributed by atoms with E-state index in [0.717, 1.165) is 12.8 Å². The summed E-state index contributed by atoms with van der Waals surface area (Å²) in [7, 11) is 0. The summed E-state index contributed by atoms with van der Waals surface area (Å²) < 4.78 is 4.62. The third-order valence-corrected chi connectivity index (χ3v) is 10.9. The number of aliphatic hydroxyl groups is 1.